The highest BCUT2D eigenvalue weighted by atomic mass is 16.3. The first-order chi connectivity index (χ1) is 28.9. The van der Waals surface area contributed by atoms with Crippen LogP contribution in [0.3, 0.4) is 0 Å². The molecule has 1 heterocycles. The summed E-state index contributed by atoms with van der Waals surface area (Å²) in [5.41, 5.74) is 9.70. The van der Waals surface area contributed by atoms with Crippen molar-refractivity contribution < 1.29 is 15.4 Å². The zero-order chi connectivity index (χ0) is 41.5. The van der Waals surface area contributed by atoms with Crippen molar-refractivity contribution >= 4 is 54.3 Å². The number of hydrogen-bond acceptors (Lipinski definition) is 1. The average molecular weight is 671 g/mol. The van der Waals surface area contributed by atoms with E-state index in [2.05, 4.69) is 56.3 Å². The van der Waals surface area contributed by atoms with E-state index in [1.165, 1.54) is 22.3 Å². The quantitative estimate of drug-likeness (QED) is 0.171. The van der Waals surface area contributed by atoms with Crippen molar-refractivity contribution in [1.82, 2.24) is 0 Å². The van der Waals surface area contributed by atoms with E-state index in [1.54, 1.807) is 6.07 Å². The highest BCUT2D eigenvalue weighted by Crippen LogP contribution is 2.52. The minimum absolute atomic E-state index is 0.175. The fourth-order valence-electron chi connectivity index (χ4n) is 8.72. The SMILES string of the molecule is [2H]c1c([2H])c([2H])c2c(-c3ccc4oc5ccc6ccccc6c5c4c3)c3c([2H])c([2H])c([2H])c([2H])c3c(-c3ccc(-c4cccc5c4-c4ccccc4C5(C)C)cc3)c2c1[2H]. The lowest BCUT2D eigenvalue weighted by Crippen LogP contribution is -2.14. The third-order valence-corrected chi connectivity index (χ3v) is 11.1. The fourth-order valence-corrected chi connectivity index (χ4v) is 8.72. The largest absolute Gasteiger partial charge is 0.456 e. The van der Waals surface area contributed by atoms with E-state index in [4.69, 9.17) is 9.90 Å². The fraction of sp³-hybridized carbons (Fsp3) is 0.0588. The van der Waals surface area contributed by atoms with E-state index < -0.39 is 24.2 Å². The molecule has 1 heteroatoms. The van der Waals surface area contributed by atoms with Crippen molar-refractivity contribution in [1.29, 1.82) is 0 Å². The molecule has 0 saturated heterocycles. The average Bonchev–Trinajstić information content (AvgIpc) is 3.77. The summed E-state index contributed by atoms with van der Waals surface area (Å²) < 4.78 is 79.6. The molecule has 0 N–H and O–H groups in total. The van der Waals surface area contributed by atoms with Gasteiger partial charge in [-0.25, -0.2) is 0 Å². The zero-order valence-electron chi connectivity index (χ0n) is 36.5. The minimum atomic E-state index is -0.433. The molecular weight excluding hydrogens is 629 g/mol. The Kier molecular flexibility index (Phi) is 4.64. The summed E-state index contributed by atoms with van der Waals surface area (Å²) in [5, 5.41) is 4.38. The van der Waals surface area contributed by atoms with Gasteiger partial charge in [0.15, 0.2) is 0 Å². The molecule has 0 saturated carbocycles. The molecule has 1 aliphatic carbocycles. The second kappa shape index (κ2) is 10.8. The Balaban J connectivity index is 1.23. The van der Waals surface area contributed by atoms with Crippen LogP contribution >= 0.6 is 0 Å². The van der Waals surface area contributed by atoms with E-state index in [1.807, 2.05) is 72.8 Å². The molecule has 0 aliphatic heterocycles. The highest BCUT2D eigenvalue weighted by molar-refractivity contribution is 6.23. The van der Waals surface area contributed by atoms with Crippen molar-refractivity contribution in [2.24, 2.45) is 0 Å². The summed E-state index contributed by atoms with van der Waals surface area (Å²) in [6.45, 7) is 4.48. The van der Waals surface area contributed by atoms with Gasteiger partial charge in [-0.05, 0) is 106 Å². The van der Waals surface area contributed by atoms with Gasteiger partial charge in [0.1, 0.15) is 11.2 Å². The van der Waals surface area contributed by atoms with Crippen LogP contribution in [0.15, 0.2) is 174 Å². The number of rotatable bonds is 3. The van der Waals surface area contributed by atoms with Gasteiger partial charge >= 0.3 is 0 Å². The van der Waals surface area contributed by atoms with E-state index in [0.29, 0.717) is 33.4 Å². The van der Waals surface area contributed by atoms with Gasteiger partial charge < -0.3 is 4.42 Å². The van der Waals surface area contributed by atoms with Crippen molar-refractivity contribution in [2.75, 3.05) is 0 Å². The van der Waals surface area contributed by atoms with Crippen molar-refractivity contribution in [3.8, 4) is 44.5 Å². The molecule has 0 radical (unpaired) electrons. The predicted octanol–water partition coefficient (Wildman–Crippen LogP) is 14.4. The number of hydrogen-bond donors (Lipinski definition) is 0. The van der Waals surface area contributed by atoms with Gasteiger partial charge in [-0.3, -0.25) is 0 Å². The van der Waals surface area contributed by atoms with Crippen LogP contribution in [0.25, 0.3) is 98.8 Å². The molecule has 0 amide bonds. The van der Waals surface area contributed by atoms with Gasteiger partial charge in [-0.15, -0.1) is 0 Å². The second-order valence-corrected chi connectivity index (χ2v) is 14.2. The van der Waals surface area contributed by atoms with Crippen LogP contribution in [0.4, 0.5) is 0 Å². The lowest BCUT2D eigenvalue weighted by atomic mass is 9.82. The first-order valence-electron chi connectivity index (χ1n) is 21.5. The monoisotopic (exact) mass is 670 g/mol. The van der Waals surface area contributed by atoms with Gasteiger partial charge in [0.2, 0.25) is 0 Å². The maximum Gasteiger partial charge on any atom is 0.136 e. The summed E-state index contributed by atoms with van der Waals surface area (Å²) >= 11 is 0. The van der Waals surface area contributed by atoms with Crippen LogP contribution in [0, 0.1) is 0 Å². The van der Waals surface area contributed by atoms with Crippen LogP contribution in [-0.2, 0) is 5.41 Å². The Hall–Kier alpha value is -6.44. The van der Waals surface area contributed by atoms with Gasteiger partial charge in [0, 0.05) is 16.2 Å². The molecule has 0 fully saturated rings. The molecule has 0 atom stereocenters. The van der Waals surface area contributed by atoms with Gasteiger partial charge in [-0.2, -0.15) is 0 Å². The normalized spacial score (nSPS) is 15.5. The molecule has 10 aromatic rings. The van der Waals surface area contributed by atoms with Crippen molar-refractivity contribution in [3.05, 3.63) is 181 Å². The van der Waals surface area contributed by atoms with Crippen LogP contribution in [0.1, 0.15) is 35.9 Å². The maximum absolute atomic E-state index is 9.45. The molecule has 1 nitrogen and oxygen atoms in total. The molecule has 1 aliphatic rings. The number of fused-ring (bicyclic) bond motifs is 10. The van der Waals surface area contributed by atoms with Crippen LogP contribution in [-0.4, -0.2) is 0 Å². The molecule has 0 bridgehead atoms. The lowest BCUT2D eigenvalue weighted by Gasteiger charge is -2.21. The van der Waals surface area contributed by atoms with Crippen LogP contribution in [0.5, 0.6) is 0 Å². The minimum Gasteiger partial charge on any atom is -0.456 e. The van der Waals surface area contributed by atoms with Crippen LogP contribution in [0.2, 0.25) is 0 Å². The van der Waals surface area contributed by atoms with Gasteiger partial charge in [0.05, 0.1) is 11.0 Å². The predicted molar refractivity (Wildman–Crippen MR) is 220 cm³/mol. The zero-order valence-corrected chi connectivity index (χ0v) is 28.5. The molecule has 244 valence electrons. The topological polar surface area (TPSA) is 13.1 Å². The molecular formula is C51H34O. The summed E-state index contributed by atoms with van der Waals surface area (Å²) in [7, 11) is 0. The number of benzene rings is 9. The molecule has 1 aromatic heterocycles. The lowest BCUT2D eigenvalue weighted by molar-refractivity contribution is 0.660. The van der Waals surface area contributed by atoms with E-state index >= 15 is 0 Å². The molecule has 9 aromatic carbocycles. The van der Waals surface area contributed by atoms with Crippen LogP contribution < -0.4 is 0 Å². The first-order valence-corrected chi connectivity index (χ1v) is 17.5. The Morgan fingerprint density at radius 1 is 0.442 bits per heavy atom. The van der Waals surface area contributed by atoms with E-state index in [0.717, 1.165) is 32.7 Å². The second-order valence-electron chi connectivity index (χ2n) is 14.2. The van der Waals surface area contributed by atoms with E-state index in [-0.39, 0.29) is 51.1 Å². The molecule has 52 heavy (non-hydrogen) atoms. The summed E-state index contributed by atoms with van der Waals surface area (Å²) in [6, 6.07) is 37.2. The standard InChI is InChI=1S/C51H34O/c1-51(2)43-20-10-9-18-41(43)49-35(19-11-21-44(49)51)32-22-24-33(25-23-32)47-37-14-5-7-16-39(37)48(40-17-8-6-15-38(40)47)34-27-28-45-42(30-34)50-36-13-4-3-12-31(36)26-29-46(50)52-45/h3-30H,1-2H3/i5D,6D,7D,8D,14D,15D,16D,17D. The maximum atomic E-state index is 9.45. The Morgan fingerprint density at radius 2 is 1.02 bits per heavy atom. The first kappa shape index (κ1) is 22.4. The van der Waals surface area contributed by atoms with Crippen molar-refractivity contribution in [2.45, 2.75) is 19.3 Å². The Labute approximate surface area is 313 Å². The number of furan rings is 1. The van der Waals surface area contributed by atoms with Crippen molar-refractivity contribution in [3.63, 3.8) is 0 Å². The van der Waals surface area contributed by atoms with Gasteiger partial charge in [0.25, 0.3) is 0 Å². The third kappa shape index (κ3) is 4.05. The highest BCUT2D eigenvalue weighted by Gasteiger charge is 2.36. The smallest absolute Gasteiger partial charge is 0.136 e. The van der Waals surface area contributed by atoms with Gasteiger partial charge in [-0.1, -0.05) is 165 Å². The Bertz CT molecular complexity index is 3470. The van der Waals surface area contributed by atoms with E-state index in [9.17, 15) is 5.48 Å². The molecule has 0 unspecified atom stereocenters. The molecule has 0 spiro atoms. The summed E-state index contributed by atoms with van der Waals surface area (Å²) in [5.74, 6) is 0. The third-order valence-electron chi connectivity index (χ3n) is 11.1. The summed E-state index contributed by atoms with van der Waals surface area (Å²) in [6.07, 6.45) is 0. The summed E-state index contributed by atoms with van der Waals surface area (Å²) in [4.78, 5) is 0. The molecule has 11 rings (SSSR count). The Morgan fingerprint density at radius 3 is 1.77 bits per heavy atom.